The average Bonchev–Trinajstić information content (AvgIpc) is 2.78. The van der Waals surface area contributed by atoms with Gasteiger partial charge in [-0.3, -0.25) is 10.1 Å². The Morgan fingerprint density at radius 1 is 1.39 bits per heavy atom. The molecule has 1 aromatic carbocycles. The maximum atomic E-state index is 10.8. The van der Waals surface area contributed by atoms with Gasteiger partial charge in [-0.2, -0.15) is 5.26 Å². The second-order valence-electron chi connectivity index (χ2n) is 3.74. The molecule has 6 heteroatoms. The monoisotopic (exact) mass is 242 g/mol. The van der Waals surface area contributed by atoms with Gasteiger partial charge in [0.15, 0.2) is 0 Å². The van der Waals surface area contributed by atoms with Crippen LogP contribution in [0, 0.1) is 21.4 Å². The number of nitrogens with two attached hydrogens (primary N) is 1. The number of nitrogen functional groups attached to an aromatic ring is 1. The average molecular weight is 242 g/mol. The number of nitriles is 1. The van der Waals surface area contributed by atoms with Gasteiger partial charge in [-0.05, 0) is 12.1 Å². The first-order valence-electron chi connectivity index (χ1n) is 5.20. The van der Waals surface area contributed by atoms with Crippen LogP contribution in [0.1, 0.15) is 11.3 Å². The summed E-state index contributed by atoms with van der Waals surface area (Å²) in [6.45, 7) is 0.337. The molecule has 0 aliphatic heterocycles. The molecule has 0 radical (unpaired) electrons. The summed E-state index contributed by atoms with van der Waals surface area (Å²) in [6, 6.07) is 10.1. The van der Waals surface area contributed by atoms with Crippen molar-refractivity contribution in [3.05, 3.63) is 57.9 Å². The summed E-state index contributed by atoms with van der Waals surface area (Å²) in [5.41, 5.74) is 6.89. The summed E-state index contributed by atoms with van der Waals surface area (Å²) in [4.78, 5) is 10.3. The van der Waals surface area contributed by atoms with Crippen LogP contribution in [-0.4, -0.2) is 9.49 Å². The number of aromatic nitrogens is 1. The molecule has 2 aromatic rings. The van der Waals surface area contributed by atoms with Gasteiger partial charge in [0.2, 0.25) is 0 Å². The number of nitro groups is 1. The van der Waals surface area contributed by atoms with Crippen molar-refractivity contribution in [2.45, 2.75) is 6.54 Å². The second kappa shape index (κ2) is 4.59. The molecule has 0 aliphatic carbocycles. The van der Waals surface area contributed by atoms with Crippen LogP contribution in [0.15, 0.2) is 36.5 Å². The summed E-state index contributed by atoms with van der Waals surface area (Å²) in [5, 5.41) is 19.7. The zero-order valence-electron chi connectivity index (χ0n) is 9.41. The summed E-state index contributed by atoms with van der Waals surface area (Å²) in [6.07, 6.45) is 1.73. The number of anilines is 1. The molecule has 0 saturated heterocycles. The molecular formula is C12H10N4O2. The fraction of sp³-hybridized carbons (Fsp3) is 0.0833. The maximum Gasteiger partial charge on any atom is 0.292 e. The Morgan fingerprint density at radius 3 is 2.83 bits per heavy atom. The van der Waals surface area contributed by atoms with Gasteiger partial charge < -0.3 is 10.3 Å². The van der Waals surface area contributed by atoms with Crippen molar-refractivity contribution in [3.63, 3.8) is 0 Å². The highest BCUT2D eigenvalue weighted by Gasteiger charge is 2.14. The molecule has 0 unspecified atom stereocenters. The first kappa shape index (κ1) is 11.7. The van der Waals surface area contributed by atoms with Crippen LogP contribution in [0.2, 0.25) is 0 Å². The van der Waals surface area contributed by atoms with Crippen LogP contribution < -0.4 is 5.73 Å². The van der Waals surface area contributed by atoms with E-state index in [1.165, 1.54) is 6.07 Å². The highest BCUT2D eigenvalue weighted by Crippen LogP contribution is 2.25. The van der Waals surface area contributed by atoms with E-state index in [2.05, 4.69) is 0 Å². The number of hydrogen-bond acceptors (Lipinski definition) is 4. The first-order valence-corrected chi connectivity index (χ1v) is 5.20. The van der Waals surface area contributed by atoms with Crippen molar-refractivity contribution in [1.29, 1.82) is 5.26 Å². The summed E-state index contributed by atoms with van der Waals surface area (Å²) in [7, 11) is 0. The minimum Gasteiger partial charge on any atom is -0.393 e. The summed E-state index contributed by atoms with van der Waals surface area (Å²) in [5.74, 6) is 0. The lowest BCUT2D eigenvalue weighted by atomic mass is 10.1. The fourth-order valence-corrected chi connectivity index (χ4v) is 1.73. The highest BCUT2D eigenvalue weighted by atomic mass is 16.6. The maximum absolute atomic E-state index is 10.8. The molecule has 2 rings (SSSR count). The van der Waals surface area contributed by atoms with E-state index in [4.69, 9.17) is 11.0 Å². The van der Waals surface area contributed by atoms with E-state index in [1.807, 2.05) is 6.07 Å². The molecule has 0 saturated carbocycles. The predicted octanol–water partition coefficient (Wildman–Crippen LogP) is 1.90. The molecule has 1 heterocycles. The molecular weight excluding hydrogens is 232 g/mol. The van der Waals surface area contributed by atoms with Crippen molar-refractivity contribution < 1.29 is 4.92 Å². The Balaban J connectivity index is 2.39. The lowest BCUT2D eigenvalue weighted by molar-refractivity contribution is -0.383. The topological polar surface area (TPSA) is 97.9 Å². The van der Waals surface area contributed by atoms with Crippen LogP contribution in [0.4, 0.5) is 11.4 Å². The normalized spacial score (nSPS) is 9.94. The lowest BCUT2D eigenvalue weighted by Gasteiger charge is -2.08. The summed E-state index contributed by atoms with van der Waals surface area (Å²) < 4.78 is 1.69. The number of hydrogen-bond donors (Lipinski definition) is 1. The van der Waals surface area contributed by atoms with E-state index < -0.39 is 4.92 Å². The fourth-order valence-electron chi connectivity index (χ4n) is 1.73. The number of rotatable bonds is 3. The van der Waals surface area contributed by atoms with Crippen LogP contribution >= 0.6 is 0 Å². The van der Waals surface area contributed by atoms with Crippen LogP contribution in [0.5, 0.6) is 0 Å². The van der Waals surface area contributed by atoms with Crippen molar-refractivity contribution in [2.75, 3.05) is 5.73 Å². The van der Waals surface area contributed by atoms with Gasteiger partial charge in [-0.25, -0.2) is 0 Å². The Labute approximate surface area is 103 Å². The van der Waals surface area contributed by atoms with Crippen LogP contribution in [-0.2, 0) is 6.54 Å². The Hall–Kier alpha value is -2.81. The molecule has 1 aromatic heterocycles. The Morgan fingerprint density at radius 2 is 2.17 bits per heavy atom. The molecule has 0 fully saturated rings. The van der Waals surface area contributed by atoms with Gasteiger partial charge in [-0.15, -0.1) is 0 Å². The number of benzene rings is 1. The van der Waals surface area contributed by atoms with E-state index in [-0.39, 0.29) is 11.4 Å². The predicted molar refractivity (Wildman–Crippen MR) is 65.8 cm³/mol. The highest BCUT2D eigenvalue weighted by molar-refractivity contribution is 5.63. The minimum atomic E-state index is -0.514. The van der Waals surface area contributed by atoms with Gasteiger partial charge in [0.05, 0.1) is 11.5 Å². The molecule has 6 nitrogen and oxygen atoms in total. The van der Waals surface area contributed by atoms with Crippen LogP contribution in [0.3, 0.4) is 0 Å². The zero-order chi connectivity index (χ0) is 13.1. The quantitative estimate of drug-likeness (QED) is 0.504. The smallest absolute Gasteiger partial charge is 0.292 e. The number of nitro benzene ring substituents is 1. The third-order valence-electron chi connectivity index (χ3n) is 2.65. The van der Waals surface area contributed by atoms with Crippen molar-refractivity contribution in [3.8, 4) is 6.07 Å². The van der Waals surface area contributed by atoms with Gasteiger partial charge in [0.1, 0.15) is 17.5 Å². The van der Waals surface area contributed by atoms with Crippen molar-refractivity contribution in [2.24, 2.45) is 0 Å². The van der Waals surface area contributed by atoms with Gasteiger partial charge in [0, 0.05) is 17.8 Å². The molecule has 2 N–H and O–H groups in total. The first-order chi connectivity index (χ1) is 8.63. The van der Waals surface area contributed by atoms with E-state index in [1.54, 1.807) is 35.0 Å². The Kier molecular flexibility index (Phi) is 2.98. The standard InChI is InChI=1S/C12H10N4O2/c13-7-10-4-2-6-15(10)8-9-3-1-5-11(12(9)14)16(17)18/h1-6H,8,14H2. The van der Waals surface area contributed by atoms with Gasteiger partial charge in [0.25, 0.3) is 5.69 Å². The molecule has 0 atom stereocenters. The van der Waals surface area contributed by atoms with Gasteiger partial charge in [-0.1, -0.05) is 12.1 Å². The van der Waals surface area contributed by atoms with Gasteiger partial charge >= 0.3 is 0 Å². The van der Waals surface area contributed by atoms with Crippen molar-refractivity contribution in [1.82, 2.24) is 4.57 Å². The van der Waals surface area contributed by atoms with Crippen molar-refractivity contribution >= 4 is 11.4 Å². The summed E-state index contributed by atoms with van der Waals surface area (Å²) >= 11 is 0. The molecule has 0 bridgehead atoms. The van der Waals surface area contributed by atoms with E-state index in [0.29, 0.717) is 17.8 Å². The molecule has 0 amide bonds. The second-order valence-corrected chi connectivity index (χ2v) is 3.74. The largest absolute Gasteiger partial charge is 0.393 e. The SMILES string of the molecule is N#Cc1cccn1Cc1cccc([N+](=O)[O-])c1N. The minimum absolute atomic E-state index is 0.113. The number of nitrogens with zero attached hydrogens (tertiary/aromatic N) is 3. The third kappa shape index (κ3) is 2.01. The van der Waals surface area contributed by atoms with E-state index in [0.717, 1.165) is 0 Å². The molecule has 90 valence electrons. The number of para-hydroxylation sites is 1. The molecule has 0 aliphatic rings. The Bertz CT molecular complexity index is 640. The van der Waals surface area contributed by atoms with E-state index >= 15 is 0 Å². The molecule has 0 spiro atoms. The van der Waals surface area contributed by atoms with Crippen LogP contribution in [0.25, 0.3) is 0 Å². The zero-order valence-corrected chi connectivity index (χ0v) is 9.41. The lowest BCUT2D eigenvalue weighted by Crippen LogP contribution is -2.05. The molecule has 18 heavy (non-hydrogen) atoms. The van der Waals surface area contributed by atoms with E-state index in [9.17, 15) is 10.1 Å². The third-order valence-corrected chi connectivity index (χ3v) is 2.65.